The number of H-pyrrole nitrogens is 1. The van der Waals surface area contributed by atoms with Crippen LogP contribution in [0.4, 0.5) is 0 Å². The van der Waals surface area contributed by atoms with Crippen LogP contribution in [-0.4, -0.2) is 47.4 Å². The van der Waals surface area contributed by atoms with Gasteiger partial charge in [0.15, 0.2) is 5.69 Å². The van der Waals surface area contributed by atoms with E-state index in [0.29, 0.717) is 19.3 Å². The molecule has 8 heteroatoms. The van der Waals surface area contributed by atoms with Gasteiger partial charge in [0.2, 0.25) is 0 Å². The molecule has 24 heavy (non-hydrogen) atoms. The van der Waals surface area contributed by atoms with E-state index in [1.165, 1.54) is 20.5 Å². The standard InChI is InChI=1S/C16H22N4O4/c1-17-12(21)10-11(19-9-18-10)13(22)20-16-6-3-15(4-7-16,5-8-16)14(23)24-2/h9H,3-8H2,1-2H3,(H,17,21)(H,18,19)(H,20,22). The van der Waals surface area contributed by atoms with E-state index in [1.807, 2.05) is 0 Å². The fourth-order valence-electron chi connectivity index (χ4n) is 3.96. The second-order valence-electron chi connectivity index (χ2n) is 6.71. The lowest BCUT2D eigenvalue weighted by atomic mass is 9.57. The zero-order valence-corrected chi connectivity index (χ0v) is 13.9. The van der Waals surface area contributed by atoms with E-state index in [0.717, 1.165) is 19.3 Å². The average Bonchev–Trinajstić information content (AvgIpc) is 3.11. The van der Waals surface area contributed by atoms with Gasteiger partial charge >= 0.3 is 5.97 Å². The third-order valence-electron chi connectivity index (χ3n) is 5.55. The Kier molecular flexibility index (Phi) is 4.06. The zero-order valence-electron chi connectivity index (χ0n) is 13.9. The molecule has 2 bridgehead atoms. The zero-order chi connectivity index (χ0) is 17.4. The highest BCUT2D eigenvalue weighted by Gasteiger charge is 2.53. The highest BCUT2D eigenvalue weighted by atomic mass is 16.5. The Morgan fingerprint density at radius 3 is 2.29 bits per heavy atom. The van der Waals surface area contributed by atoms with Gasteiger partial charge in [-0.15, -0.1) is 0 Å². The normalized spacial score (nSPS) is 28.2. The Morgan fingerprint density at radius 1 is 1.12 bits per heavy atom. The number of nitrogens with one attached hydrogen (secondary N) is 3. The smallest absolute Gasteiger partial charge is 0.311 e. The first kappa shape index (κ1) is 16.5. The fraction of sp³-hybridized carbons (Fsp3) is 0.625. The van der Waals surface area contributed by atoms with Crippen LogP contribution in [-0.2, 0) is 9.53 Å². The lowest BCUT2D eigenvalue weighted by Gasteiger charge is -2.51. The number of methoxy groups -OCH3 is 1. The molecule has 1 aromatic rings. The van der Waals surface area contributed by atoms with Gasteiger partial charge in [-0.05, 0) is 38.5 Å². The lowest BCUT2D eigenvalue weighted by molar-refractivity contribution is -0.160. The number of carbonyl (C=O) groups excluding carboxylic acids is 3. The molecular formula is C16H22N4O4. The predicted octanol–water partition coefficient (Wildman–Crippen LogP) is 0.765. The first-order chi connectivity index (χ1) is 11.5. The van der Waals surface area contributed by atoms with E-state index in [1.54, 1.807) is 0 Å². The molecule has 0 aliphatic heterocycles. The molecule has 3 aliphatic carbocycles. The summed E-state index contributed by atoms with van der Waals surface area (Å²) in [6.07, 6.45) is 5.66. The minimum Gasteiger partial charge on any atom is -0.469 e. The predicted molar refractivity (Wildman–Crippen MR) is 84.3 cm³/mol. The van der Waals surface area contributed by atoms with Gasteiger partial charge < -0.3 is 20.4 Å². The van der Waals surface area contributed by atoms with Crippen LogP contribution in [0.25, 0.3) is 0 Å². The second-order valence-corrected chi connectivity index (χ2v) is 6.71. The summed E-state index contributed by atoms with van der Waals surface area (Å²) in [6.45, 7) is 0. The number of hydrogen-bond acceptors (Lipinski definition) is 5. The molecule has 0 unspecified atom stereocenters. The molecule has 0 atom stereocenters. The van der Waals surface area contributed by atoms with E-state index in [9.17, 15) is 14.4 Å². The maximum Gasteiger partial charge on any atom is 0.311 e. The van der Waals surface area contributed by atoms with Crippen molar-refractivity contribution in [3.63, 3.8) is 0 Å². The number of aromatic nitrogens is 2. The summed E-state index contributed by atoms with van der Waals surface area (Å²) in [4.78, 5) is 43.1. The molecule has 3 N–H and O–H groups in total. The molecule has 8 nitrogen and oxygen atoms in total. The van der Waals surface area contributed by atoms with Gasteiger partial charge in [0.05, 0.1) is 18.9 Å². The number of nitrogens with zero attached hydrogens (tertiary/aromatic N) is 1. The van der Waals surface area contributed by atoms with Gasteiger partial charge in [0, 0.05) is 12.6 Å². The number of hydrogen-bond donors (Lipinski definition) is 3. The van der Waals surface area contributed by atoms with Crippen LogP contribution in [0.3, 0.4) is 0 Å². The molecule has 1 aromatic heterocycles. The summed E-state index contributed by atoms with van der Waals surface area (Å²) in [5, 5.41) is 5.54. The molecule has 130 valence electrons. The largest absolute Gasteiger partial charge is 0.469 e. The van der Waals surface area contributed by atoms with Crippen LogP contribution in [0, 0.1) is 5.41 Å². The fourth-order valence-corrected chi connectivity index (χ4v) is 3.96. The number of ether oxygens (including phenoxy) is 1. The first-order valence-electron chi connectivity index (χ1n) is 8.12. The minimum atomic E-state index is -0.388. The summed E-state index contributed by atoms with van der Waals surface area (Å²) in [6, 6.07) is 0. The van der Waals surface area contributed by atoms with Crippen molar-refractivity contribution >= 4 is 17.8 Å². The van der Waals surface area contributed by atoms with Crippen LogP contribution in [0.2, 0.25) is 0 Å². The average molecular weight is 334 g/mol. The first-order valence-corrected chi connectivity index (χ1v) is 8.12. The molecule has 3 saturated carbocycles. The Bertz CT molecular complexity index is 657. The van der Waals surface area contributed by atoms with Gasteiger partial charge in [-0.1, -0.05) is 0 Å². The molecule has 0 saturated heterocycles. The monoisotopic (exact) mass is 334 g/mol. The number of rotatable bonds is 4. The van der Waals surface area contributed by atoms with Crippen molar-refractivity contribution in [2.75, 3.05) is 14.2 Å². The molecule has 0 spiro atoms. The van der Waals surface area contributed by atoms with Gasteiger partial charge in [-0.25, -0.2) is 4.98 Å². The topological polar surface area (TPSA) is 113 Å². The van der Waals surface area contributed by atoms with Gasteiger partial charge in [0.1, 0.15) is 5.69 Å². The third kappa shape index (κ3) is 2.55. The van der Waals surface area contributed by atoms with Crippen LogP contribution < -0.4 is 10.6 Å². The van der Waals surface area contributed by atoms with Gasteiger partial charge in [0.25, 0.3) is 11.8 Å². The van der Waals surface area contributed by atoms with Crippen molar-refractivity contribution in [1.29, 1.82) is 0 Å². The van der Waals surface area contributed by atoms with Crippen LogP contribution in [0.1, 0.15) is 59.5 Å². The van der Waals surface area contributed by atoms with Crippen molar-refractivity contribution < 1.29 is 19.1 Å². The van der Waals surface area contributed by atoms with Gasteiger partial charge in [-0.3, -0.25) is 14.4 Å². The molecular weight excluding hydrogens is 312 g/mol. The molecule has 3 aliphatic rings. The molecule has 0 radical (unpaired) electrons. The highest BCUT2D eigenvalue weighted by Crippen LogP contribution is 2.52. The van der Waals surface area contributed by atoms with Crippen molar-refractivity contribution in [2.45, 2.75) is 44.1 Å². The van der Waals surface area contributed by atoms with E-state index in [2.05, 4.69) is 20.6 Å². The number of amides is 2. The number of esters is 1. The van der Waals surface area contributed by atoms with E-state index >= 15 is 0 Å². The number of carbonyl (C=O) groups is 3. The van der Waals surface area contributed by atoms with E-state index in [-0.39, 0.29) is 40.1 Å². The van der Waals surface area contributed by atoms with Crippen molar-refractivity contribution in [3.05, 3.63) is 17.7 Å². The summed E-state index contributed by atoms with van der Waals surface area (Å²) < 4.78 is 4.95. The van der Waals surface area contributed by atoms with Crippen molar-refractivity contribution in [1.82, 2.24) is 20.6 Å². The highest BCUT2D eigenvalue weighted by molar-refractivity contribution is 6.04. The molecule has 3 fully saturated rings. The number of aromatic amines is 1. The molecule has 0 aromatic carbocycles. The SMILES string of the molecule is CNC(=O)c1[nH]cnc1C(=O)NC12CCC(C(=O)OC)(CC1)CC2. The van der Waals surface area contributed by atoms with Gasteiger partial charge in [-0.2, -0.15) is 0 Å². The maximum atomic E-state index is 12.6. The summed E-state index contributed by atoms with van der Waals surface area (Å²) >= 11 is 0. The Morgan fingerprint density at radius 2 is 1.75 bits per heavy atom. The van der Waals surface area contributed by atoms with Crippen molar-refractivity contribution in [2.24, 2.45) is 5.41 Å². The van der Waals surface area contributed by atoms with E-state index in [4.69, 9.17) is 4.74 Å². The maximum absolute atomic E-state index is 12.6. The third-order valence-corrected chi connectivity index (χ3v) is 5.55. The quantitative estimate of drug-likeness (QED) is 0.704. The molecule has 4 rings (SSSR count). The van der Waals surface area contributed by atoms with E-state index < -0.39 is 0 Å². The Balaban J connectivity index is 1.72. The summed E-state index contributed by atoms with van der Waals surface area (Å²) in [5.41, 5.74) is -0.465. The lowest BCUT2D eigenvalue weighted by Crippen LogP contribution is -2.58. The second kappa shape index (κ2) is 5.92. The van der Waals surface area contributed by atoms with Crippen LogP contribution in [0.15, 0.2) is 6.33 Å². The van der Waals surface area contributed by atoms with Crippen molar-refractivity contribution in [3.8, 4) is 0 Å². The Labute approximate surface area is 139 Å². The molecule has 2 amide bonds. The Hall–Kier alpha value is -2.38. The minimum absolute atomic E-state index is 0.0964. The van der Waals surface area contributed by atoms with Crippen LogP contribution in [0.5, 0.6) is 0 Å². The van der Waals surface area contributed by atoms with Crippen LogP contribution >= 0.6 is 0 Å². The molecule has 1 heterocycles. The number of fused-ring (bicyclic) bond motifs is 3. The summed E-state index contributed by atoms with van der Waals surface area (Å²) in [5.74, 6) is -0.884. The summed E-state index contributed by atoms with van der Waals surface area (Å²) in [7, 11) is 2.92. The number of imidazole rings is 1.